The summed E-state index contributed by atoms with van der Waals surface area (Å²) in [6, 6.07) is 7.76. The minimum absolute atomic E-state index is 0.0252. The zero-order valence-electron chi connectivity index (χ0n) is 13.3. The molecule has 0 radical (unpaired) electrons. The van der Waals surface area contributed by atoms with Gasteiger partial charge in [0, 0.05) is 13.0 Å². The average Bonchev–Trinajstić information content (AvgIpc) is 3.01. The van der Waals surface area contributed by atoms with Crippen molar-refractivity contribution in [3.8, 4) is 0 Å². The van der Waals surface area contributed by atoms with Crippen LogP contribution in [0, 0.1) is 0 Å². The maximum atomic E-state index is 12.6. The van der Waals surface area contributed by atoms with E-state index in [1.165, 1.54) is 0 Å². The summed E-state index contributed by atoms with van der Waals surface area (Å²) in [5.41, 5.74) is 1.89. The van der Waals surface area contributed by atoms with Crippen molar-refractivity contribution in [1.29, 1.82) is 0 Å². The second-order valence-electron chi connectivity index (χ2n) is 6.32. The van der Waals surface area contributed by atoms with E-state index in [4.69, 9.17) is 0 Å². The number of para-hydroxylation sites is 1. The molecule has 0 saturated heterocycles. The molecule has 0 atom stereocenters. The standard InChI is InChI=1S/C18H23NO3S/c20-18(12-14-23(21,22)16-9-2-3-10-16)19-13-6-5-8-15-7-1-4-11-17(15)19/h1,4-5,7-8,11,16H,2-3,6,9-10,12-14H2. The lowest BCUT2D eigenvalue weighted by Crippen LogP contribution is -2.34. The quantitative estimate of drug-likeness (QED) is 0.850. The van der Waals surface area contributed by atoms with Crippen LogP contribution >= 0.6 is 0 Å². The first kappa shape index (κ1) is 16.2. The van der Waals surface area contributed by atoms with Gasteiger partial charge in [-0.1, -0.05) is 43.2 Å². The lowest BCUT2D eigenvalue weighted by molar-refractivity contribution is -0.118. The summed E-state index contributed by atoms with van der Waals surface area (Å²) in [6.45, 7) is 0.607. The number of carbonyl (C=O) groups is 1. The normalized spacial score (nSPS) is 18.7. The molecule has 1 aromatic carbocycles. The number of fused-ring (bicyclic) bond motifs is 1. The van der Waals surface area contributed by atoms with Gasteiger partial charge in [-0.2, -0.15) is 0 Å². The summed E-state index contributed by atoms with van der Waals surface area (Å²) in [4.78, 5) is 14.3. The van der Waals surface area contributed by atoms with Crippen molar-refractivity contribution in [2.75, 3.05) is 17.2 Å². The van der Waals surface area contributed by atoms with Gasteiger partial charge >= 0.3 is 0 Å². The van der Waals surface area contributed by atoms with Gasteiger partial charge in [0.1, 0.15) is 0 Å². The molecule has 4 nitrogen and oxygen atoms in total. The Morgan fingerprint density at radius 2 is 1.91 bits per heavy atom. The van der Waals surface area contributed by atoms with Crippen molar-refractivity contribution >= 4 is 27.5 Å². The number of hydrogen-bond donors (Lipinski definition) is 0. The highest BCUT2D eigenvalue weighted by atomic mass is 32.2. The van der Waals surface area contributed by atoms with E-state index in [1.807, 2.05) is 30.3 Å². The number of anilines is 1. The van der Waals surface area contributed by atoms with E-state index in [0.717, 1.165) is 43.4 Å². The number of sulfone groups is 1. The summed E-state index contributed by atoms with van der Waals surface area (Å²) < 4.78 is 24.7. The lowest BCUT2D eigenvalue weighted by Gasteiger charge is -2.23. The lowest BCUT2D eigenvalue weighted by atomic mass is 10.1. The molecule has 2 aliphatic rings. The fourth-order valence-corrected chi connectivity index (χ4v) is 5.29. The molecule has 0 aromatic heterocycles. The van der Waals surface area contributed by atoms with Gasteiger partial charge in [-0.25, -0.2) is 8.42 Å². The number of hydrogen-bond acceptors (Lipinski definition) is 3. The number of carbonyl (C=O) groups excluding carboxylic acids is 1. The molecule has 0 bridgehead atoms. The first-order valence-electron chi connectivity index (χ1n) is 8.35. The molecule has 124 valence electrons. The number of amides is 1. The third-order valence-corrected chi connectivity index (χ3v) is 7.02. The van der Waals surface area contributed by atoms with Crippen LogP contribution in [0.1, 0.15) is 44.1 Å². The van der Waals surface area contributed by atoms with Crippen LogP contribution in [0.3, 0.4) is 0 Å². The molecular formula is C18H23NO3S. The fourth-order valence-electron chi connectivity index (χ4n) is 3.45. The number of benzene rings is 1. The van der Waals surface area contributed by atoms with Gasteiger partial charge in [0.05, 0.1) is 16.7 Å². The second-order valence-corrected chi connectivity index (χ2v) is 8.72. The van der Waals surface area contributed by atoms with Gasteiger partial charge in [-0.3, -0.25) is 4.79 Å². The second kappa shape index (κ2) is 6.87. The molecule has 1 aliphatic carbocycles. The van der Waals surface area contributed by atoms with E-state index in [-0.39, 0.29) is 23.3 Å². The van der Waals surface area contributed by atoms with Crippen LogP contribution in [0.5, 0.6) is 0 Å². The van der Waals surface area contributed by atoms with Crippen LogP contribution < -0.4 is 4.90 Å². The van der Waals surface area contributed by atoms with Crippen molar-refractivity contribution in [3.63, 3.8) is 0 Å². The number of nitrogens with zero attached hydrogens (tertiary/aromatic N) is 1. The van der Waals surface area contributed by atoms with Gasteiger partial charge in [0.25, 0.3) is 0 Å². The predicted octanol–water partition coefficient (Wildman–Crippen LogP) is 3.18. The molecule has 1 saturated carbocycles. The minimum Gasteiger partial charge on any atom is -0.311 e. The van der Waals surface area contributed by atoms with Gasteiger partial charge in [-0.05, 0) is 30.9 Å². The Morgan fingerprint density at radius 1 is 1.17 bits per heavy atom. The largest absolute Gasteiger partial charge is 0.311 e. The summed E-state index contributed by atoms with van der Waals surface area (Å²) in [5, 5.41) is -0.228. The van der Waals surface area contributed by atoms with Crippen LogP contribution in [0.25, 0.3) is 6.08 Å². The Labute approximate surface area is 138 Å². The van der Waals surface area contributed by atoms with Crippen molar-refractivity contribution < 1.29 is 13.2 Å². The highest BCUT2D eigenvalue weighted by Gasteiger charge is 2.30. The monoisotopic (exact) mass is 333 g/mol. The Kier molecular flexibility index (Phi) is 4.85. The van der Waals surface area contributed by atoms with Gasteiger partial charge in [-0.15, -0.1) is 0 Å². The average molecular weight is 333 g/mol. The molecular weight excluding hydrogens is 310 g/mol. The number of rotatable bonds is 4. The van der Waals surface area contributed by atoms with Crippen molar-refractivity contribution in [2.24, 2.45) is 0 Å². The summed E-state index contributed by atoms with van der Waals surface area (Å²) >= 11 is 0. The molecule has 0 unspecified atom stereocenters. The van der Waals surface area contributed by atoms with Crippen LogP contribution in [-0.2, 0) is 14.6 Å². The van der Waals surface area contributed by atoms with Gasteiger partial charge in [0.2, 0.25) is 5.91 Å². The molecule has 0 spiro atoms. The Hall–Kier alpha value is -1.62. The maximum Gasteiger partial charge on any atom is 0.228 e. The first-order chi connectivity index (χ1) is 11.1. The molecule has 1 amide bonds. The summed E-state index contributed by atoms with van der Waals surface area (Å²) in [7, 11) is -3.14. The van der Waals surface area contributed by atoms with Gasteiger partial charge < -0.3 is 4.90 Å². The van der Waals surface area contributed by atoms with E-state index in [9.17, 15) is 13.2 Å². The molecule has 1 heterocycles. The molecule has 1 aromatic rings. The first-order valence-corrected chi connectivity index (χ1v) is 10.1. The third kappa shape index (κ3) is 3.66. The van der Waals surface area contributed by atoms with Crippen molar-refractivity contribution in [2.45, 2.75) is 43.8 Å². The van der Waals surface area contributed by atoms with Crippen molar-refractivity contribution in [3.05, 3.63) is 35.9 Å². The van der Waals surface area contributed by atoms with Crippen molar-refractivity contribution in [1.82, 2.24) is 0 Å². The Balaban J connectivity index is 1.69. The molecule has 1 fully saturated rings. The fraction of sp³-hybridized carbons (Fsp3) is 0.500. The minimum atomic E-state index is -3.14. The predicted molar refractivity (Wildman–Crippen MR) is 93.1 cm³/mol. The zero-order valence-corrected chi connectivity index (χ0v) is 14.1. The van der Waals surface area contributed by atoms with E-state index < -0.39 is 9.84 Å². The summed E-state index contributed by atoms with van der Waals surface area (Å²) in [5.74, 6) is -0.120. The SMILES string of the molecule is O=C(CCS(=O)(=O)C1CCCC1)N1CCC=Cc2ccccc21. The summed E-state index contributed by atoms with van der Waals surface area (Å²) in [6.07, 6.45) is 8.44. The van der Waals surface area contributed by atoms with Crippen LogP contribution in [0.4, 0.5) is 5.69 Å². The Bertz CT molecular complexity index is 703. The highest BCUT2D eigenvalue weighted by Crippen LogP contribution is 2.27. The van der Waals surface area contributed by atoms with E-state index in [1.54, 1.807) is 4.90 Å². The molecule has 0 N–H and O–H groups in total. The third-order valence-electron chi connectivity index (χ3n) is 4.76. The van der Waals surface area contributed by atoms with Gasteiger partial charge in [0.15, 0.2) is 9.84 Å². The van der Waals surface area contributed by atoms with E-state index >= 15 is 0 Å². The molecule has 1 aliphatic heterocycles. The van der Waals surface area contributed by atoms with E-state index in [2.05, 4.69) is 6.08 Å². The molecule has 23 heavy (non-hydrogen) atoms. The topological polar surface area (TPSA) is 54.5 Å². The van der Waals surface area contributed by atoms with E-state index in [0.29, 0.717) is 6.54 Å². The highest BCUT2D eigenvalue weighted by molar-refractivity contribution is 7.92. The Morgan fingerprint density at radius 3 is 2.70 bits per heavy atom. The van der Waals surface area contributed by atoms with Crippen LogP contribution in [0.2, 0.25) is 0 Å². The molecule has 5 heteroatoms. The maximum absolute atomic E-state index is 12.6. The van der Waals surface area contributed by atoms with Crippen LogP contribution in [-0.4, -0.2) is 31.9 Å². The van der Waals surface area contributed by atoms with Crippen LogP contribution in [0.15, 0.2) is 30.3 Å². The zero-order chi connectivity index (χ0) is 16.3. The smallest absolute Gasteiger partial charge is 0.228 e. The molecule has 3 rings (SSSR count).